The first kappa shape index (κ1) is 12.9. The first-order valence-electron chi connectivity index (χ1n) is 3.93. The molecule has 0 aliphatic rings. The molecule has 0 N–H and O–H groups in total. The van der Waals surface area contributed by atoms with E-state index >= 15 is 0 Å². The molecule has 13 heavy (non-hydrogen) atoms. The summed E-state index contributed by atoms with van der Waals surface area (Å²) in [6.45, 7) is 0.694. The molecule has 0 bridgehead atoms. The Balaban J connectivity index is 3.73. The highest BCUT2D eigenvalue weighted by atomic mass is 35.7. The molecule has 0 aromatic rings. The van der Waals surface area contributed by atoms with Crippen LogP contribution < -0.4 is 0 Å². The molecule has 0 aliphatic heterocycles. The SMILES string of the molecule is CC=CCOP(=O)(Cl)OCC=CC. The lowest BCUT2D eigenvalue weighted by Gasteiger charge is -2.08. The molecule has 0 heterocycles. The highest BCUT2D eigenvalue weighted by Gasteiger charge is 2.18. The average molecular weight is 225 g/mol. The molecule has 3 nitrogen and oxygen atoms in total. The Hall–Kier alpha value is -0.0800. The predicted octanol–water partition coefficient (Wildman–Crippen LogP) is 3.52. The van der Waals surface area contributed by atoms with Crippen molar-refractivity contribution in [1.82, 2.24) is 0 Å². The third-order valence-electron chi connectivity index (χ3n) is 1.12. The van der Waals surface area contributed by atoms with E-state index in [4.69, 9.17) is 20.3 Å². The Labute approximate surface area is 83.7 Å². The van der Waals surface area contributed by atoms with Crippen molar-refractivity contribution in [2.45, 2.75) is 13.8 Å². The van der Waals surface area contributed by atoms with E-state index in [-0.39, 0.29) is 13.2 Å². The van der Waals surface area contributed by atoms with Gasteiger partial charge < -0.3 is 0 Å². The first-order chi connectivity index (χ1) is 6.12. The maximum Gasteiger partial charge on any atom is 0.424 e. The zero-order valence-corrected chi connectivity index (χ0v) is 9.42. The molecule has 0 fully saturated rings. The van der Waals surface area contributed by atoms with Crippen molar-refractivity contribution in [2.75, 3.05) is 13.2 Å². The molecule has 0 unspecified atom stereocenters. The topological polar surface area (TPSA) is 35.5 Å². The second-order valence-electron chi connectivity index (χ2n) is 2.16. The summed E-state index contributed by atoms with van der Waals surface area (Å²) < 4.78 is 20.8. The molecular formula is C8H14ClO3P. The number of halogens is 1. The van der Waals surface area contributed by atoms with Gasteiger partial charge in [-0.05, 0) is 13.8 Å². The van der Waals surface area contributed by atoms with E-state index in [0.717, 1.165) is 0 Å². The van der Waals surface area contributed by atoms with E-state index in [1.807, 2.05) is 13.8 Å². The van der Waals surface area contributed by atoms with Crippen LogP contribution >= 0.6 is 18.2 Å². The third kappa shape index (κ3) is 8.26. The van der Waals surface area contributed by atoms with Gasteiger partial charge in [-0.25, -0.2) is 4.57 Å². The molecule has 0 atom stereocenters. The van der Waals surface area contributed by atoms with Gasteiger partial charge in [-0.3, -0.25) is 9.05 Å². The van der Waals surface area contributed by atoms with E-state index in [1.165, 1.54) is 0 Å². The third-order valence-corrected chi connectivity index (χ3v) is 2.62. The van der Waals surface area contributed by atoms with Crippen molar-refractivity contribution in [3.8, 4) is 0 Å². The summed E-state index contributed by atoms with van der Waals surface area (Å²) in [6, 6.07) is 0. The van der Waals surface area contributed by atoms with Gasteiger partial charge in [0.25, 0.3) is 0 Å². The Morgan fingerprint density at radius 2 is 1.54 bits per heavy atom. The van der Waals surface area contributed by atoms with Gasteiger partial charge in [0.15, 0.2) is 0 Å². The highest BCUT2D eigenvalue weighted by Crippen LogP contribution is 2.53. The van der Waals surface area contributed by atoms with Crippen LogP contribution in [0.1, 0.15) is 13.8 Å². The quantitative estimate of drug-likeness (QED) is 0.512. The van der Waals surface area contributed by atoms with E-state index in [1.54, 1.807) is 24.3 Å². The Kier molecular flexibility index (Phi) is 7.29. The molecule has 0 aromatic heterocycles. The standard InChI is InChI=1S/C8H14ClO3P/c1-3-5-7-11-13(9,10)12-8-6-4-2/h3-6H,7-8H2,1-2H3. The number of hydrogen-bond donors (Lipinski definition) is 0. The van der Waals surface area contributed by atoms with Gasteiger partial charge in [0.1, 0.15) is 0 Å². The molecule has 0 aliphatic carbocycles. The van der Waals surface area contributed by atoms with Crippen molar-refractivity contribution < 1.29 is 13.6 Å². The van der Waals surface area contributed by atoms with Crippen LogP contribution in [0.5, 0.6) is 0 Å². The monoisotopic (exact) mass is 224 g/mol. The molecular weight excluding hydrogens is 211 g/mol. The van der Waals surface area contributed by atoms with Gasteiger partial charge in [-0.15, -0.1) is 0 Å². The minimum absolute atomic E-state index is 0.202. The summed E-state index contributed by atoms with van der Waals surface area (Å²) in [4.78, 5) is 0. The Morgan fingerprint density at radius 1 is 1.15 bits per heavy atom. The lowest BCUT2D eigenvalue weighted by molar-refractivity contribution is 0.253. The van der Waals surface area contributed by atoms with Crippen LogP contribution in [0.3, 0.4) is 0 Å². The fourth-order valence-corrected chi connectivity index (χ4v) is 1.43. The summed E-state index contributed by atoms with van der Waals surface area (Å²) in [5.74, 6) is 0. The number of hydrogen-bond acceptors (Lipinski definition) is 3. The van der Waals surface area contributed by atoms with Crippen LogP contribution in [0.25, 0.3) is 0 Å². The summed E-state index contributed by atoms with van der Waals surface area (Å²) in [5.41, 5.74) is 0. The first-order valence-corrected chi connectivity index (χ1v) is 6.38. The van der Waals surface area contributed by atoms with Crippen molar-refractivity contribution >= 4 is 18.2 Å². The van der Waals surface area contributed by atoms with E-state index < -0.39 is 6.95 Å². The van der Waals surface area contributed by atoms with E-state index in [2.05, 4.69) is 0 Å². The molecule has 0 aromatic carbocycles. The fourth-order valence-electron chi connectivity index (χ4n) is 0.494. The summed E-state index contributed by atoms with van der Waals surface area (Å²) in [6.07, 6.45) is 6.97. The van der Waals surface area contributed by atoms with Crippen LogP contribution in [-0.4, -0.2) is 13.2 Å². The van der Waals surface area contributed by atoms with Gasteiger partial charge >= 0.3 is 6.95 Å². The average Bonchev–Trinajstić information content (AvgIpc) is 2.05. The molecule has 0 radical (unpaired) electrons. The van der Waals surface area contributed by atoms with Crippen LogP contribution in [0.2, 0.25) is 0 Å². The van der Waals surface area contributed by atoms with Crippen LogP contribution in [0.4, 0.5) is 0 Å². The minimum Gasteiger partial charge on any atom is -0.293 e. The van der Waals surface area contributed by atoms with Gasteiger partial charge in [-0.2, -0.15) is 0 Å². The number of allylic oxidation sites excluding steroid dienone is 2. The second-order valence-corrected chi connectivity index (χ2v) is 4.78. The Morgan fingerprint density at radius 3 is 1.85 bits per heavy atom. The molecule has 0 rings (SSSR count). The molecule has 5 heteroatoms. The number of rotatable bonds is 6. The lowest BCUT2D eigenvalue weighted by Crippen LogP contribution is -1.90. The predicted molar refractivity (Wildman–Crippen MR) is 55.0 cm³/mol. The zero-order chi connectivity index (χ0) is 10.2. The molecule has 76 valence electrons. The van der Waals surface area contributed by atoms with Gasteiger partial charge in [0.2, 0.25) is 0 Å². The maximum absolute atomic E-state index is 11.2. The minimum atomic E-state index is -3.38. The molecule has 0 saturated carbocycles. The largest absolute Gasteiger partial charge is 0.424 e. The van der Waals surface area contributed by atoms with Crippen LogP contribution in [0.15, 0.2) is 24.3 Å². The molecule has 0 saturated heterocycles. The fraction of sp³-hybridized carbons (Fsp3) is 0.500. The normalized spacial score (nSPS) is 16.8. The van der Waals surface area contributed by atoms with Crippen molar-refractivity contribution in [3.63, 3.8) is 0 Å². The maximum atomic E-state index is 11.2. The van der Waals surface area contributed by atoms with Gasteiger partial charge in [0, 0.05) is 11.2 Å². The second kappa shape index (κ2) is 7.34. The lowest BCUT2D eigenvalue weighted by atomic mass is 10.6. The summed E-state index contributed by atoms with van der Waals surface area (Å²) >= 11 is 5.45. The van der Waals surface area contributed by atoms with Gasteiger partial charge in [-0.1, -0.05) is 24.3 Å². The molecule has 0 amide bonds. The molecule has 0 spiro atoms. The Bertz CT molecular complexity index is 205. The summed E-state index contributed by atoms with van der Waals surface area (Å²) in [5, 5.41) is 0. The smallest absolute Gasteiger partial charge is 0.293 e. The zero-order valence-electron chi connectivity index (χ0n) is 7.77. The van der Waals surface area contributed by atoms with Crippen molar-refractivity contribution in [1.29, 1.82) is 0 Å². The van der Waals surface area contributed by atoms with E-state index in [9.17, 15) is 4.57 Å². The van der Waals surface area contributed by atoms with Crippen molar-refractivity contribution in [2.24, 2.45) is 0 Å². The summed E-state index contributed by atoms with van der Waals surface area (Å²) in [7, 11) is 0. The van der Waals surface area contributed by atoms with Crippen molar-refractivity contribution in [3.05, 3.63) is 24.3 Å². The highest BCUT2D eigenvalue weighted by molar-refractivity contribution is 7.81. The van der Waals surface area contributed by atoms with Crippen LogP contribution in [-0.2, 0) is 13.6 Å². The van der Waals surface area contributed by atoms with Crippen LogP contribution in [0, 0.1) is 0 Å². The van der Waals surface area contributed by atoms with Gasteiger partial charge in [0.05, 0.1) is 13.2 Å². The van der Waals surface area contributed by atoms with E-state index in [0.29, 0.717) is 0 Å².